The van der Waals surface area contributed by atoms with E-state index in [0.717, 1.165) is 18.2 Å². The molecule has 1 N–H and O–H groups in total. The van der Waals surface area contributed by atoms with E-state index in [9.17, 15) is 22.8 Å². The van der Waals surface area contributed by atoms with Crippen LogP contribution in [0.15, 0.2) is 22.7 Å². The molecule has 1 rings (SSSR count). The van der Waals surface area contributed by atoms with Crippen LogP contribution in [0.25, 0.3) is 0 Å². The average Bonchev–Trinajstić information content (AvgIpc) is 2.19. The highest BCUT2D eigenvalue weighted by atomic mass is 79.9. The number of carboxylic acid groups (broad SMARTS) is 1. The Labute approximate surface area is 102 Å². The third-order valence-corrected chi connectivity index (χ3v) is 2.74. The van der Waals surface area contributed by atoms with Crippen LogP contribution in [0.1, 0.15) is 11.1 Å². The molecule has 92 valence electrons. The molecule has 7 heteroatoms. The van der Waals surface area contributed by atoms with Gasteiger partial charge in [0, 0.05) is 10.9 Å². The van der Waals surface area contributed by atoms with Gasteiger partial charge < -0.3 is 5.11 Å². The van der Waals surface area contributed by atoms with Crippen LogP contribution in [0.2, 0.25) is 0 Å². The highest BCUT2D eigenvalue weighted by Gasteiger charge is 2.31. The van der Waals surface area contributed by atoms with Crippen LogP contribution < -0.4 is 0 Å². The van der Waals surface area contributed by atoms with Crippen LogP contribution in [-0.2, 0) is 22.2 Å². The summed E-state index contributed by atoms with van der Waals surface area (Å²) in [6.07, 6.45) is -5.11. The van der Waals surface area contributed by atoms with Gasteiger partial charge >= 0.3 is 12.1 Å². The van der Waals surface area contributed by atoms with Crippen molar-refractivity contribution in [3.05, 3.63) is 33.8 Å². The molecule has 0 saturated carbocycles. The van der Waals surface area contributed by atoms with Crippen LogP contribution >= 0.6 is 15.9 Å². The van der Waals surface area contributed by atoms with Crippen molar-refractivity contribution < 1.29 is 27.9 Å². The van der Waals surface area contributed by atoms with Crippen molar-refractivity contribution in [1.29, 1.82) is 0 Å². The molecule has 0 fully saturated rings. The summed E-state index contributed by atoms with van der Waals surface area (Å²) in [5.74, 6) is -2.83. The third kappa shape index (κ3) is 3.55. The first-order valence-corrected chi connectivity index (χ1v) is 5.13. The monoisotopic (exact) mass is 310 g/mol. The van der Waals surface area contributed by atoms with E-state index in [2.05, 4.69) is 15.9 Å². The molecule has 0 radical (unpaired) electrons. The highest BCUT2D eigenvalue weighted by Crippen LogP contribution is 2.32. The minimum Gasteiger partial charge on any atom is -0.475 e. The molecule has 0 aliphatic rings. The second-order valence-electron chi connectivity index (χ2n) is 3.21. The van der Waals surface area contributed by atoms with E-state index in [4.69, 9.17) is 5.11 Å². The maximum absolute atomic E-state index is 12.4. The quantitative estimate of drug-likeness (QED) is 0.873. The molecule has 1 aromatic rings. The summed E-state index contributed by atoms with van der Waals surface area (Å²) in [5, 5.41) is 8.38. The molecule has 0 amide bonds. The van der Waals surface area contributed by atoms with Crippen LogP contribution in [-0.4, -0.2) is 16.9 Å². The number of ketones is 1. The van der Waals surface area contributed by atoms with Crippen molar-refractivity contribution in [2.45, 2.75) is 12.6 Å². The predicted molar refractivity (Wildman–Crippen MR) is 55.5 cm³/mol. The van der Waals surface area contributed by atoms with E-state index in [1.165, 1.54) is 0 Å². The summed E-state index contributed by atoms with van der Waals surface area (Å²) in [6.45, 7) is 0. The van der Waals surface area contributed by atoms with Gasteiger partial charge in [0.1, 0.15) is 0 Å². The largest absolute Gasteiger partial charge is 0.475 e. The number of carbonyl (C=O) groups is 2. The first kappa shape index (κ1) is 13.7. The van der Waals surface area contributed by atoms with E-state index in [-0.39, 0.29) is 10.0 Å². The van der Waals surface area contributed by atoms with E-state index in [1.807, 2.05) is 0 Å². The molecule has 3 nitrogen and oxygen atoms in total. The Balaban J connectivity index is 3.07. The number of alkyl halides is 3. The van der Waals surface area contributed by atoms with Gasteiger partial charge in [-0.3, -0.25) is 4.79 Å². The minimum absolute atomic E-state index is 0.00720. The average molecular weight is 311 g/mol. The fourth-order valence-electron chi connectivity index (χ4n) is 1.14. The summed E-state index contributed by atoms with van der Waals surface area (Å²) in [7, 11) is 0. The molecular formula is C10H6BrF3O3. The van der Waals surface area contributed by atoms with E-state index in [1.54, 1.807) is 0 Å². The molecule has 0 aliphatic carbocycles. The van der Waals surface area contributed by atoms with Crippen molar-refractivity contribution >= 4 is 27.7 Å². The SMILES string of the molecule is O=C(O)C(=O)Cc1cc(C(F)(F)F)ccc1Br. The number of hydrogen-bond donors (Lipinski definition) is 1. The van der Waals surface area contributed by atoms with Crippen LogP contribution in [0.4, 0.5) is 13.2 Å². The molecule has 17 heavy (non-hydrogen) atoms. The Morgan fingerprint density at radius 1 is 1.29 bits per heavy atom. The van der Waals surface area contributed by atoms with Crippen molar-refractivity contribution in [1.82, 2.24) is 0 Å². The number of aliphatic carboxylic acids is 1. The Morgan fingerprint density at radius 2 is 1.88 bits per heavy atom. The zero-order valence-electron chi connectivity index (χ0n) is 8.21. The van der Waals surface area contributed by atoms with E-state index >= 15 is 0 Å². The first-order valence-electron chi connectivity index (χ1n) is 4.33. The second-order valence-corrected chi connectivity index (χ2v) is 4.06. The topological polar surface area (TPSA) is 54.4 Å². The zero-order chi connectivity index (χ0) is 13.2. The lowest BCUT2D eigenvalue weighted by Gasteiger charge is -2.09. The lowest BCUT2D eigenvalue weighted by molar-refractivity contribution is -0.148. The molecule has 0 spiro atoms. The Kier molecular flexibility index (Phi) is 3.92. The highest BCUT2D eigenvalue weighted by molar-refractivity contribution is 9.10. The molecule has 0 bridgehead atoms. The zero-order valence-corrected chi connectivity index (χ0v) is 9.80. The van der Waals surface area contributed by atoms with Gasteiger partial charge in [0.2, 0.25) is 5.78 Å². The van der Waals surface area contributed by atoms with E-state index in [0.29, 0.717) is 0 Å². The fraction of sp³-hybridized carbons (Fsp3) is 0.200. The Bertz CT molecular complexity index is 468. The molecule has 0 saturated heterocycles. The summed E-state index contributed by atoms with van der Waals surface area (Å²) in [5.41, 5.74) is -0.930. The number of rotatable bonds is 3. The summed E-state index contributed by atoms with van der Waals surface area (Å²) in [4.78, 5) is 21.2. The van der Waals surface area contributed by atoms with Crippen molar-refractivity contribution in [2.24, 2.45) is 0 Å². The molecule has 0 atom stereocenters. The molecule has 0 unspecified atom stereocenters. The van der Waals surface area contributed by atoms with Crippen molar-refractivity contribution in [2.75, 3.05) is 0 Å². The number of hydrogen-bond acceptors (Lipinski definition) is 2. The predicted octanol–water partition coefficient (Wildman–Crippen LogP) is 2.66. The van der Waals surface area contributed by atoms with Gasteiger partial charge in [0.15, 0.2) is 0 Å². The van der Waals surface area contributed by atoms with Crippen LogP contribution in [0, 0.1) is 0 Å². The lowest BCUT2D eigenvalue weighted by atomic mass is 10.1. The smallest absolute Gasteiger partial charge is 0.416 e. The standard InChI is InChI=1S/C10H6BrF3O3/c11-7-2-1-6(10(12,13)14)3-5(7)4-8(15)9(16)17/h1-3H,4H2,(H,16,17). The summed E-state index contributed by atoms with van der Waals surface area (Å²) >= 11 is 2.96. The number of halogens is 4. The molecular weight excluding hydrogens is 305 g/mol. The van der Waals surface area contributed by atoms with Crippen molar-refractivity contribution in [3.63, 3.8) is 0 Å². The normalized spacial score (nSPS) is 11.3. The third-order valence-electron chi connectivity index (χ3n) is 1.96. The number of carbonyl (C=O) groups excluding carboxylic acids is 1. The first-order chi connectivity index (χ1) is 7.71. The van der Waals surface area contributed by atoms with Gasteiger partial charge in [-0.15, -0.1) is 0 Å². The number of benzene rings is 1. The van der Waals surface area contributed by atoms with Gasteiger partial charge in [-0.2, -0.15) is 13.2 Å². The van der Waals surface area contributed by atoms with Gasteiger partial charge in [0.25, 0.3) is 0 Å². The summed E-state index contributed by atoms with van der Waals surface area (Å²) < 4.78 is 37.4. The Morgan fingerprint density at radius 3 is 2.35 bits per heavy atom. The van der Waals surface area contributed by atoms with E-state index < -0.39 is 29.9 Å². The molecule has 0 heterocycles. The molecule has 0 aliphatic heterocycles. The number of Topliss-reactive ketones (excluding diaryl/α,β-unsaturated/α-hetero) is 1. The van der Waals surface area contributed by atoms with Gasteiger partial charge in [0.05, 0.1) is 5.56 Å². The van der Waals surface area contributed by atoms with Crippen LogP contribution in [0.3, 0.4) is 0 Å². The lowest BCUT2D eigenvalue weighted by Crippen LogP contribution is -2.16. The fourth-order valence-corrected chi connectivity index (χ4v) is 1.52. The van der Waals surface area contributed by atoms with Gasteiger partial charge in [-0.1, -0.05) is 15.9 Å². The number of carboxylic acids is 1. The van der Waals surface area contributed by atoms with Gasteiger partial charge in [-0.25, -0.2) is 4.79 Å². The maximum atomic E-state index is 12.4. The van der Waals surface area contributed by atoms with Crippen LogP contribution in [0.5, 0.6) is 0 Å². The minimum atomic E-state index is -4.53. The molecule has 0 aromatic heterocycles. The molecule has 1 aromatic carbocycles. The Hall–Kier alpha value is -1.37. The van der Waals surface area contributed by atoms with Crippen molar-refractivity contribution in [3.8, 4) is 0 Å². The maximum Gasteiger partial charge on any atom is 0.416 e. The second kappa shape index (κ2) is 4.87. The summed E-state index contributed by atoms with van der Waals surface area (Å²) in [6, 6.07) is 2.73. The van der Waals surface area contributed by atoms with Gasteiger partial charge in [-0.05, 0) is 23.8 Å².